The van der Waals surface area contributed by atoms with Gasteiger partial charge in [0.1, 0.15) is 5.92 Å². The third kappa shape index (κ3) is 6.27. The normalized spacial score (nSPS) is 16.2. The van der Waals surface area contributed by atoms with Crippen LogP contribution in [0.5, 0.6) is 0 Å². The highest BCUT2D eigenvalue weighted by Crippen LogP contribution is 2.27. The molecule has 96 valence electrons. The van der Waals surface area contributed by atoms with Gasteiger partial charge in [-0.2, -0.15) is 13.2 Å². The molecule has 16 heavy (non-hydrogen) atoms. The van der Waals surface area contributed by atoms with E-state index in [-0.39, 0.29) is 6.10 Å². The van der Waals surface area contributed by atoms with E-state index in [1.54, 1.807) is 6.92 Å². The summed E-state index contributed by atoms with van der Waals surface area (Å²) in [5.74, 6) is -1.47. The first kappa shape index (κ1) is 15.6. The second-order valence-corrected chi connectivity index (χ2v) is 4.74. The van der Waals surface area contributed by atoms with Gasteiger partial charge in [-0.25, -0.2) is 0 Å². The highest BCUT2D eigenvalue weighted by Gasteiger charge is 2.42. The molecule has 0 bridgehead atoms. The number of hydrogen-bond acceptors (Lipinski definition) is 2. The molecule has 0 saturated carbocycles. The second kappa shape index (κ2) is 6.39. The van der Waals surface area contributed by atoms with Crippen molar-refractivity contribution in [3.8, 4) is 0 Å². The number of nitrogens with two attached hydrogens (primary N) is 1. The lowest BCUT2D eigenvalue weighted by Crippen LogP contribution is -2.38. The standard InChI is InChI=1S/C10H18F3NOS/c1-6(2)4-7(3)15-5-8(9(14)16)10(11,12)13/h6-8H,4-5H2,1-3H3,(H2,14,16). The zero-order valence-corrected chi connectivity index (χ0v) is 10.5. The third-order valence-corrected chi connectivity index (χ3v) is 2.37. The number of ether oxygens (including phenoxy) is 1. The predicted octanol–water partition coefficient (Wildman–Crippen LogP) is 2.90. The lowest BCUT2D eigenvalue weighted by molar-refractivity contribution is -0.171. The Bertz CT molecular complexity index is 231. The Morgan fingerprint density at radius 2 is 1.81 bits per heavy atom. The van der Waals surface area contributed by atoms with Gasteiger partial charge in [0, 0.05) is 0 Å². The van der Waals surface area contributed by atoms with Crippen LogP contribution in [0.1, 0.15) is 27.2 Å². The first-order valence-corrected chi connectivity index (χ1v) is 5.53. The van der Waals surface area contributed by atoms with Crippen molar-refractivity contribution < 1.29 is 17.9 Å². The Morgan fingerprint density at radius 1 is 1.31 bits per heavy atom. The zero-order chi connectivity index (χ0) is 12.9. The van der Waals surface area contributed by atoms with Crippen molar-refractivity contribution in [1.82, 2.24) is 0 Å². The van der Waals surface area contributed by atoms with Crippen LogP contribution in [0.4, 0.5) is 13.2 Å². The highest BCUT2D eigenvalue weighted by atomic mass is 32.1. The van der Waals surface area contributed by atoms with E-state index in [9.17, 15) is 13.2 Å². The lowest BCUT2D eigenvalue weighted by Gasteiger charge is -2.22. The molecule has 0 aliphatic carbocycles. The molecule has 0 aliphatic heterocycles. The monoisotopic (exact) mass is 257 g/mol. The SMILES string of the molecule is CC(C)CC(C)OCC(C(N)=S)C(F)(F)F. The van der Waals surface area contributed by atoms with Gasteiger partial charge in [-0.1, -0.05) is 26.1 Å². The van der Waals surface area contributed by atoms with Crippen molar-refractivity contribution in [3.05, 3.63) is 0 Å². The molecule has 2 N–H and O–H groups in total. The van der Waals surface area contributed by atoms with Crippen molar-refractivity contribution in [3.63, 3.8) is 0 Å². The van der Waals surface area contributed by atoms with E-state index >= 15 is 0 Å². The molecule has 0 aromatic heterocycles. The maximum absolute atomic E-state index is 12.4. The van der Waals surface area contributed by atoms with E-state index in [2.05, 4.69) is 12.2 Å². The molecule has 2 atom stereocenters. The molecular weight excluding hydrogens is 239 g/mol. The van der Waals surface area contributed by atoms with Crippen molar-refractivity contribution >= 4 is 17.2 Å². The molecule has 0 amide bonds. The number of alkyl halides is 3. The van der Waals surface area contributed by atoms with E-state index in [1.165, 1.54) is 0 Å². The first-order valence-electron chi connectivity index (χ1n) is 5.12. The van der Waals surface area contributed by atoms with Crippen LogP contribution in [-0.2, 0) is 4.74 Å². The summed E-state index contributed by atoms with van der Waals surface area (Å²) in [6.45, 7) is 5.21. The topological polar surface area (TPSA) is 35.2 Å². The van der Waals surface area contributed by atoms with E-state index in [1.807, 2.05) is 13.8 Å². The molecule has 0 aromatic rings. The van der Waals surface area contributed by atoms with Gasteiger partial charge in [-0.05, 0) is 19.3 Å². The summed E-state index contributed by atoms with van der Waals surface area (Å²) in [5.41, 5.74) is 5.04. The Hall–Kier alpha value is -0.360. The summed E-state index contributed by atoms with van der Waals surface area (Å²) >= 11 is 4.38. The smallest absolute Gasteiger partial charge is 0.393 e. The number of thiocarbonyl (C=S) groups is 1. The van der Waals surface area contributed by atoms with Crippen LogP contribution in [0.25, 0.3) is 0 Å². The predicted molar refractivity (Wildman–Crippen MR) is 61.2 cm³/mol. The van der Waals surface area contributed by atoms with Gasteiger partial charge in [0.15, 0.2) is 0 Å². The minimum atomic E-state index is -4.43. The zero-order valence-electron chi connectivity index (χ0n) is 9.67. The van der Waals surface area contributed by atoms with E-state index < -0.39 is 23.7 Å². The fraction of sp³-hybridized carbons (Fsp3) is 0.900. The van der Waals surface area contributed by atoms with E-state index in [4.69, 9.17) is 10.5 Å². The van der Waals surface area contributed by atoms with Gasteiger partial charge in [-0.3, -0.25) is 0 Å². The minimum Gasteiger partial charge on any atom is -0.393 e. The Labute approximate surface area is 99.3 Å². The Balaban J connectivity index is 4.19. The van der Waals surface area contributed by atoms with Gasteiger partial charge in [0.25, 0.3) is 0 Å². The van der Waals surface area contributed by atoms with Crippen molar-refractivity contribution in [1.29, 1.82) is 0 Å². The van der Waals surface area contributed by atoms with Gasteiger partial charge in [-0.15, -0.1) is 0 Å². The van der Waals surface area contributed by atoms with Crippen LogP contribution >= 0.6 is 12.2 Å². The van der Waals surface area contributed by atoms with Crippen LogP contribution in [-0.4, -0.2) is 23.9 Å². The van der Waals surface area contributed by atoms with Crippen LogP contribution in [0.3, 0.4) is 0 Å². The highest BCUT2D eigenvalue weighted by molar-refractivity contribution is 7.80. The summed E-state index contributed by atoms with van der Waals surface area (Å²) in [7, 11) is 0. The number of rotatable bonds is 6. The Morgan fingerprint density at radius 3 is 2.12 bits per heavy atom. The first-order chi connectivity index (χ1) is 7.14. The largest absolute Gasteiger partial charge is 0.400 e. The summed E-state index contributed by atoms with van der Waals surface area (Å²) < 4.78 is 42.4. The number of halogens is 3. The summed E-state index contributed by atoms with van der Waals surface area (Å²) in [6.07, 6.45) is -3.94. The molecule has 2 unspecified atom stereocenters. The third-order valence-electron chi connectivity index (χ3n) is 2.09. The average molecular weight is 257 g/mol. The quantitative estimate of drug-likeness (QED) is 0.743. The molecule has 0 rings (SSSR count). The van der Waals surface area contributed by atoms with Gasteiger partial charge in [0.2, 0.25) is 0 Å². The summed E-state index contributed by atoms with van der Waals surface area (Å²) in [6, 6.07) is 0. The lowest BCUT2D eigenvalue weighted by atomic mass is 10.1. The van der Waals surface area contributed by atoms with E-state index in [0.717, 1.165) is 0 Å². The average Bonchev–Trinajstić information content (AvgIpc) is 1.98. The van der Waals surface area contributed by atoms with Gasteiger partial charge in [0.05, 0.1) is 17.7 Å². The fourth-order valence-corrected chi connectivity index (χ4v) is 1.53. The molecular formula is C10H18F3NOS. The van der Waals surface area contributed by atoms with Crippen molar-refractivity contribution in [2.24, 2.45) is 17.6 Å². The molecule has 0 aromatic carbocycles. The molecule has 0 aliphatic rings. The van der Waals surface area contributed by atoms with Crippen LogP contribution < -0.4 is 5.73 Å². The van der Waals surface area contributed by atoms with Crippen LogP contribution in [0.15, 0.2) is 0 Å². The minimum absolute atomic E-state index is 0.223. The second-order valence-electron chi connectivity index (χ2n) is 4.27. The molecule has 0 radical (unpaired) electrons. The van der Waals surface area contributed by atoms with Gasteiger partial charge < -0.3 is 10.5 Å². The molecule has 0 spiro atoms. The Kier molecular flexibility index (Phi) is 6.25. The molecule has 6 heteroatoms. The molecule has 2 nitrogen and oxygen atoms in total. The maximum atomic E-state index is 12.4. The maximum Gasteiger partial charge on any atom is 0.400 e. The van der Waals surface area contributed by atoms with Crippen molar-refractivity contribution in [2.75, 3.05) is 6.61 Å². The summed E-state index contributed by atoms with van der Waals surface area (Å²) in [5, 5.41) is 0. The van der Waals surface area contributed by atoms with Crippen molar-refractivity contribution in [2.45, 2.75) is 39.5 Å². The molecule has 0 fully saturated rings. The fourth-order valence-electron chi connectivity index (χ4n) is 1.33. The summed E-state index contributed by atoms with van der Waals surface area (Å²) in [4.78, 5) is -0.566. The van der Waals surface area contributed by atoms with E-state index in [0.29, 0.717) is 12.3 Å². The number of hydrogen-bond donors (Lipinski definition) is 1. The van der Waals surface area contributed by atoms with Crippen LogP contribution in [0, 0.1) is 11.8 Å². The molecule has 0 saturated heterocycles. The van der Waals surface area contributed by atoms with Crippen LogP contribution in [0.2, 0.25) is 0 Å². The molecule has 0 heterocycles. The van der Waals surface area contributed by atoms with Gasteiger partial charge >= 0.3 is 6.18 Å².